The molecule has 3 heteroatoms. The van der Waals surface area contributed by atoms with Crippen LogP contribution in [0.4, 0.5) is 5.69 Å². The minimum absolute atomic E-state index is 0.0757. The van der Waals surface area contributed by atoms with Crippen LogP contribution >= 0.6 is 0 Å². The van der Waals surface area contributed by atoms with Gasteiger partial charge in [0.25, 0.3) is 0 Å². The third-order valence-electron chi connectivity index (χ3n) is 4.23. The van der Waals surface area contributed by atoms with Crippen molar-refractivity contribution in [3.63, 3.8) is 0 Å². The van der Waals surface area contributed by atoms with Gasteiger partial charge in [0.1, 0.15) is 6.07 Å². The fourth-order valence-corrected chi connectivity index (χ4v) is 3.08. The molecule has 2 rings (SSSR count). The minimum Gasteiger partial charge on any atom is -0.365 e. The zero-order chi connectivity index (χ0) is 13.2. The van der Waals surface area contributed by atoms with Gasteiger partial charge in [-0.15, -0.1) is 0 Å². The van der Waals surface area contributed by atoms with Crippen LogP contribution in [0.15, 0.2) is 24.3 Å². The van der Waals surface area contributed by atoms with Gasteiger partial charge in [-0.05, 0) is 51.3 Å². The fraction of sp³-hybridized carbons (Fsp3) is 0.533. The summed E-state index contributed by atoms with van der Waals surface area (Å²) in [6.07, 6.45) is 2.21. The predicted molar refractivity (Wildman–Crippen MR) is 74.4 cm³/mol. The molecule has 1 aromatic rings. The van der Waals surface area contributed by atoms with Crippen LogP contribution in [0.25, 0.3) is 0 Å². The van der Waals surface area contributed by atoms with Crippen LogP contribution in [0.3, 0.4) is 0 Å². The molecule has 3 nitrogen and oxygen atoms in total. The van der Waals surface area contributed by atoms with E-state index in [1.54, 1.807) is 0 Å². The summed E-state index contributed by atoms with van der Waals surface area (Å²) in [6, 6.07) is 10.1. The maximum atomic E-state index is 9.22. The van der Waals surface area contributed by atoms with Gasteiger partial charge in [-0.1, -0.05) is 12.1 Å². The number of anilines is 1. The second kappa shape index (κ2) is 4.99. The summed E-state index contributed by atoms with van der Waals surface area (Å²) in [5.74, 6) is 0.606. The van der Waals surface area contributed by atoms with Crippen molar-refractivity contribution < 1.29 is 0 Å². The quantitative estimate of drug-likeness (QED) is 0.887. The van der Waals surface area contributed by atoms with Gasteiger partial charge in [0.2, 0.25) is 0 Å². The van der Waals surface area contributed by atoms with Crippen molar-refractivity contribution in [3.8, 4) is 6.07 Å². The Kier molecular flexibility index (Phi) is 3.58. The van der Waals surface area contributed by atoms with Crippen LogP contribution in [0.2, 0.25) is 0 Å². The monoisotopic (exact) mass is 243 g/mol. The van der Waals surface area contributed by atoms with Gasteiger partial charge < -0.3 is 10.6 Å². The molecule has 1 heterocycles. The molecule has 1 atom stereocenters. The summed E-state index contributed by atoms with van der Waals surface area (Å²) in [5, 5.41) is 9.22. The molecule has 1 aliphatic heterocycles. The molecule has 0 aliphatic carbocycles. The average Bonchev–Trinajstić information content (AvgIpc) is 2.65. The lowest BCUT2D eigenvalue weighted by Gasteiger charge is -2.38. The van der Waals surface area contributed by atoms with Crippen LogP contribution in [0.1, 0.15) is 32.3 Å². The smallest absolute Gasteiger partial charge is 0.101 e. The first-order valence-corrected chi connectivity index (χ1v) is 6.58. The molecule has 1 aliphatic rings. The Hall–Kier alpha value is -1.53. The van der Waals surface area contributed by atoms with E-state index in [0.29, 0.717) is 5.92 Å². The number of hydrogen-bond donors (Lipinski definition) is 1. The van der Waals surface area contributed by atoms with Crippen LogP contribution < -0.4 is 10.6 Å². The number of nitriles is 1. The van der Waals surface area contributed by atoms with Gasteiger partial charge in [0.15, 0.2) is 0 Å². The van der Waals surface area contributed by atoms with E-state index in [1.165, 1.54) is 0 Å². The molecule has 0 amide bonds. The van der Waals surface area contributed by atoms with E-state index in [1.807, 2.05) is 24.3 Å². The van der Waals surface area contributed by atoms with Crippen LogP contribution in [-0.2, 0) is 0 Å². The lowest BCUT2D eigenvalue weighted by atomic mass is 9.85. The second-order valence-corrected chi connectivity index (χ2v) is 5.50. The molecular weight excluding hydrogens is 222 g/mol. The normalized spacial score (nSPS) is 21.9. The minimum atomic E-state index is 0.0757. The van der Waals surface area contributed by atoms with Gasteiger partial charge in [-0.25, -0.2) is 0 Å². The van der Waals surface area contributed by atoms with E-state index < -0.39 is 0 Å². The molecule has 18 heavy (non-hydrogen) atoms. The lowest BCUT2D eigenvalue weighted by Crippen LogP contribution is -2.43. The highest BCUT2D eigenvalue weighted by Crippen LogP contribution is 2.40. The van der Waals surface area contributed by atoms with Crippen molar-refractivity contribution in [1.82, 2.24) is 0 Å². The summed E-state index contributed by atoms with van der Waals surface area (Å²) in [4.78, 5) is 2.37. The molecular formula is C15H21N3. The first-order chi connectivity index (χ1) is 8.61. The zero-order valence-electron chi connectivity index (χ0n) is 11.2. The molecule has 2 N–H and O–H groups in total. The van der Waals surface area contributed by atoms with Crippen molar-refractivity contribution in [1.29, 1.82) is 5.26 Å². The highest BCUT2D eigenvalue weighted by atomic mass is 15.2. The van der Waals surface area contributed by atoms with Gasteiger partial charge in [-0.2, -0.15) is 5.26 Å². The summed E-state index contributed by atoms with van der Waals surface area (Å²) < 4.78 is 0. The highest BCUT2D eigenvalue weighted by Gasteiger charge is 2.41. The first kappa shape index (κ1) is 12.9. The molecule has 1 fully saturated rings. The van der Waals surface area contributed by atoms with E-state index >= 15 is 0 Å². The Labute approximate surface area is 109 Å². The molecule has 1 aromatic carbocycles. The van der Waals surface area contributed by atoms with Crippen molar-refractivity contribution >= 4 is 5.69 Å². The fourth-order valence-electron chi connectivity index (χ4n) is 3.08. The first-order valence-electron chi connectivity index (χ1n) is 6.58. The Morgan fingerprint density at radius 3 is 2.83 bits per heavy atom. The Morgan fingerprint density at radius 2 is 2.17 bits per heavy atom. The molecule has 0 spiro atoms. The number of rotatable bonds is 3. The Bertz CT molecular complexity index is 459. The summed E-state index contributed by atoms with van der Waals surface area (Å²) >= 11 is 0. The van der Waals surface area contributed by atoms with E-state index in [9.17, 15) is 5.26 Å². The molecule has 0 saturated carbocycles. The SMILES string of the molecule is CC1(C)C(CCN)CCN1c1ccccc1C#N. The number of hydrogen-bond acceptors (Lipinski definition) is 3. The predicted octanol–water partition coefficient (Wildman–Crippen LogP) is 2.51. The maximum absolute atomic E-state index is 9.22. The zero-order valence-corrected chi connectivity index (χ0v) is 11.2. The summed E-state index contributed by atoms with van der Waals surface area (Å²) in [5.41, 5.74) is 7.60. The number of nitrogens with two attached hydrogens (primary N) is 1. The van der Waals surface area contributed by atoms with Gasteiger partial charge in [0, 0.05) is 12.1 Å². The average molecular weight is 243 g/mol. The van der Waals surface area contributed by atoms with Gasteiger partial charge in [-0.3, -0.25) is 0 Å². The second-order valence-electron chi connectivity index (χ2n) is 5.50. The highest BCUT2D eigenvalue weighted by molar-refractivity contribution is 5.61. The summed E-state index contributed by atoms with van der Waals surface area (Å²) in [6.45, 7) is 6.27. The van der Waals surface area contributed by atoms with Gasteiger partial charge in [0.05, 0.1) is 11.3 Å². The van der Waals surface area contributed by atoms with Crippen LogP contribution in [-0.4, -0.2) is 18.6 Å². The Balaban J connectivity index is 2.33. The molecule has 0 bridgehead atoms. The van der Waals surface area contributed by atoms with Crippen LogP contribution in [0, 0.1) is 17.2 Å². The van der Waals surface area contributed by atoms with Crippen molar-refractivity contribution in [2.45, 2.75) is 32.2 Å². The van der Waals surface area contributed by atoms with Crippen molar-refractivity contribution in [2.75, 3.05) is 18.0 Å². The molecule has 1 saturated heterocycles. The number of benzene rings is 1. The van der Waals surface area contributed by atoms with E-state index in [0.717, 1.165) is 37.2 Å². The molecule has 0 radical (unpaired) electrons. The lowest BCUT2D eigenvalue weighted by molar-refractivity contribution is 0.348. The number of nitrogens with zero attached hydrogens (tertiary/aromatic N) is 2. The molecule has 0 aromatic heterocycles. The van der Waals surface area contributed by atoms with E-state index in [4.69, 9.17) is 5.73 Å². The van der Waals surface area contributed by atoms with Crippen LogP contribution in [0.5, 0.6) is 0 Å². The standard InChI is InChI=1S/C15H21N3/c1-15(2)13(7-9-16)8-10-18(15)14-6-4-3-5-12(14)11-17/h3-6,13H,7-10,16H2,1-2H3. The third-order valence-corrected chi connectivity index (χ3v) is 4.23. The Morgan fingerprint density at radius 1 is 1.44 bits per heavy atom. The summed E-state index contributed by atoms with van der Waals surface area (Å²) in [7, 11) is 0. The van der Waals surface area contributed by atoms with E-state index in [-0.39, 0.29) is 5.54 Å². The number of para-hydroxylation sites is 1. The van der Waals surface area contributed by atoms with Gasteiger partial charge >= 0.3 is 0 Å². The third kappa shape index (κ3) is 2.09. The maximum Gasteiger partial charge on any atom is 0.101 e. The molecule has 96 valence electrons. The largest absolute Gasteiger partial charge is 0.365 e. The van der Waals surface area contributed by atoms with Crippen molar-refractivity contribution in [2.24, 2.45) is 11.7 Å². The van der Waals surface area contributed by atoms with E-state index in [2.05, 4.69) is 24.8 Å². The molecule has 1 unspecified atom stereocenters. The topological polar surface area (TPSA) is 53.0 Å². The van der Waals surface area contributed by atoms with Crippen molar-refractivity contribution in [3.05, 3.63) is 29.8 Å².